The summed E-state index contributed by atoms with van der Waals surface area (Å²) in [6, 6.07) is 5.85. The lowest BCUT2D eigenvalue weighted by atomic mass is 9.90. The summed E-state index contributed by atoms with van der Waals surface area (Å²) in [7, 11) is 0. The van der Waals surface area contributed by atoms with Crippen LogP contribution in [0.5, 0.6) is 5.75 Å². The molecule has 1 fully saturated rings. The number of nitrogens with zero attached hydrogens (tertiary/aromatic N) is 5. The number of halogens is 1. The number of rotatable bonds is 9. The zero-order valence-corrected chi connectivity index (χ0v) is 20.3. The van der Waals surface area contributed by atoms with Gasteiger partial charge in [-0.3, -0.25) is 10.1 Å². The van der Waals surface area contributed by atoms with Crippen LogP contribution in [0.15, 0.2) is 29.4 Å². The van der Waals surface area contributed by atoms with Gasteiger partial charge in [-0.1, -0.05) is 42.4 Å². The number of amides is 1. The van der Waals surface area contributed by atoms with E-state index in [-0.39, 0.29) is 23.6 Å². The second kappa shape index (κ2) is 11.1. The van der Waals surface area contributed by atoms with Crippen molar-refractivity contribution in [3.63, 3.8) is 0 Å². The van der Waals surface area contributed by atoms with E-state index in [1.807, 2.05) is 18.4 Å². The summed E-state index contributed by atoms with van der Waals surface area (Å²) in [5.74, 6) is 1.37. The van der Waals surface area contributed by atoms with Crippen LogP contribution >= 0.6 is 23.1 Å². The first-order valence-electron chi connectivity index (χ1n) is 11.1. The number of hydrogen-bond donors (Lipinski definition) is 1. The summed E-state index contributed by atoms with van der Waals surface area (Å²) < 4.78 is 20.9. The Hall–Kier alpha value is -2.53. The summed E-state index contributed by atoms with van der Waals surface area (Å²) in [4.78, 5) is 12.5. The first-order valence-corrected chi connectivity index (χ1v) is 12.9. The molecule has 1 N–H and O–H groups in total. The van der Waals surface area contributed by atoms with Gasteiger partial charge in [-0.25, -0.2) is 4.39 Å². The van der Waals surface area contributed by atoms with Crippen LogP contribution in [-0.4, -0.2) is 36.6 Å². The van der Waals surface area contributed by atoms with Gasteiger partial charge in [0.05, 0.1) is 5.75 Å². The number of carbonyl (C=O) groups is 1. The van der Waals surface area contributed by atoms with E-state index in [0.717, 1.165) is 17.8 Å². The fourth-order valence-electron chi connectivity index (χ4n) is 3.86. The largest absolute Gasteiger partial charge is 0.483 e. The lowest BCUT2D eigenvalue weighted by Gasteiger charge is -2.18. The molecule has 2 aromatic heterocycles. The van der Waals surface area contributed by atoms with Gasteiger partial charge < -0.3 is 9.30 Å². The monoisotopic (exact) mass is 490 g/mol. The molecular formula is C22H27FN6O2S2. The molecule has 0 radical (unpaired) electrons. The van der Waals surface area contributed by atoms with Crippen LogP contribution < -0.4 is 10.1 Å². The molecule has 1 saturated carbocycles. The van der Waals surface area contributed by atoms with E-state index < -0.39 is 0 Å². The SMILES string of the molecule is CCn1c(SCC(=O)Nc2nnc(C3CCCCC3)s2)nnc1C(C)Oc1ccc(F)cc1. The molecule has 1 aliphatic rings. The molecule has 0 spiro atoms. The van der Waals surface area contributed by atoms with Crippen molar-refractivity contribution in [1.29, 1.82) is 0 Å². The van der Waals surface area contributed by atoms with Crippen LogP contribution in [-0.2, 0) is 11.3 Å². The first-order chi connectivity index (χ1) is 16.0. The Morgan fingerprint density at radius 2 is 1.97 bits per heavy atom. The Kier molecular flexibility index (Phi) is 7.92. The molecule has 1 amide bonds. The maximum absolute atomic E-state index is 13.1. The van der Waals surface area contributed by atoms with E-state index in [9.17, 15) is 9.18 Å². The smallest absolute Gasteiger partial charge is 0.236 e. The molecule has 0 saturated heterocycles. The lowest BCUT2D eigenvalue weighted by molar-refractivity contribution is -0.113. The molecule has 1 aliphatic carbocycles. The standard InChI is InChI=1S/C22H27FN6O2S2/c1-3-29-19(14(2)31-17-11-9-16(23)10-12-17)25-28-22(29)32-13-18(30)24-21-27-26-20(33-21)15-7-5-4-6-8-15/h9-12,14-15H,3-8,13H2,1-2H3,(H,24,27,30). The van der Waals surface area contributed by atoms with Gasteiger partial charge in [-0.15, -0.1) is 20.4 Å². The van der Waals surface area contributed by atoms with Crippen LogP contribution in [0.3, 0.4) is 0 Å². The van der Waals surface area contributed by atoms with Gasteiger partial charge in [0.15, 0.2) is 17.1 Å². The third-order valence-corrected chi connectivity index (χ3v) is 7.49. The number of anilines is 1. The van der Waals surface area contributed by atoms with E-state index in [2.05, 4.69) is 25.7 Å². The van der Waals surface area contributed by atoms with Crippen molar-refractivity contribution in [1.82, 2.24) is 25.0 Å². The third kappa shape index (κ3) is 6.08. The van der Waals surface area contributed by atoms with Gasteiger partial charge in [0.25, 0.3) is 0 Å². The molecule has 1 atom stereocenters. The summed E-state index contributed by atoms with van der Waals surface area (Å²) in [6.07, 6.45) is 5.67. The van der Waals surface area contributed by atoms with Crippen molar-refractivity contribution in [3.05, 3.63) is 40.9 Å². The fraction of sp³-hybridized carbons (Fsp3) is 0.500. The topological polar surface area (TPSA) is 94.8 Å². The van der Waals surface area contributed by atoms with Crippen LogP contribution in [0.25, 0.3) is 0 Å². The second-order valence-corrected chi connectivity index (χ2v) is 9.87. The van der Waals surface area contributed by atoms with E-state index in [1.54, 1.807) is 12.1 Å². The fourth-order valence-corrected chi connectivity index (χ4v) is 5.60. The predicted octanol–water partition coefficient (Wildman–Crippen LogP) is 5.21. The van der Waals surface area contributed by atoms with Gasteiger partial charge in [-0.05, 0) is 51.0 Å². The summed E-state index contributed by atoms with van der Waals surface area (Å²) in [5.41, 5.74) is 0. The van der Waals surface area contributed by atoms with Crippen molar-refractivity contribution < 1.29 is 13.9 Å². The number of hydrogen-bond acceptors (Lipinski definition) is 8. The van der Waals surface area contributed by atoms with Crippen molar-refractivity contribution in [2.75, 3.05) is 11.1 Å². The number of ether oxygens (including phenoxy) is 1. The van der Waals surface area contributed by atoms with Gasteiger partial charge in [-0.2, -0.15) is 0 Å². The molecule has 4 rings (SSSR count). The van der Waals surface area contributed by atoms with Crippen molar-refractivity contribution in [3.8, 4) is 5.75 Å². The Bertz CT molecular complexity index is 1070. The second-order valence-electron chi connectivity index (χ2n) is 7.92. The van der Waals surface area contributed by atoms with E-state index >= 15 is 0 Å². The number of nitrogens with one attached hydrogen (secondary N) is 1. The lowest BCUT2D eigenvalue weighted by Crippen LogP contribution is -2.15. The van der Waals surface area contributed by atoms with E-state index in [0.29, 0.717) is 34.3 Å². The molecule has 11 heteroatoms. The molecule has 176 valence electrons. The van der Waals surface area contributed by atoms with Crippen LogP contribution in [0, 0.1) is 5.82 Å². The molecular weight excluding hydrogens is 463 g/mol. The molecule has 33 heavy (non-hydrogen) atoms. The maximum atomic E-state index is 13.1. The molecule has 3 aromatic rings. The molecule has 8 nitrogen and oxygen atoms in total. The minimum atomic E-state index is -0.384. The van der Waals surface area contributed by atoms with Gasteiger partial charge >= 0.3 is 0 Å². The minimum Gasteiger partial charge on any atom is -0.483 e. The number of carbonyl (C=O) groups excluding carboxylic acids is 1. The van der Waals surface area contributed by atoms with Crippen molar-refractivity contribution in [2.24, 2.45) is 0 Å². The highest BCUT2D eigenvalue weighted by Crippen LogP contribution is 2.35. The summed E-state index contributed by atoms with van der Waals surface area (Å²) in [6.45, 7) is 4.47. The highest BCUT2D eigenvalue weighted by atomic mass is 32.2. The normalized spacial score (nSPS) is 15.4. The summed E-state index contributed by atoms with van der Waals surface area (Å²) >= 11 is 2.78. The number of benzene rings is 1. The molecule has 0 bridgehead atoms. The van der Waals surface area contributed by atoms with Crippen LogP contribution in [0.1, 0.15) is 68.8 Å². The Morgan fingerprint density at radius 3 is 2.70 bits per heavy atom. The van der Waals surface area contributed by atoms with E-state index in [4.69, 9.17) is 4.74 Å². The molecule has 1 aromatic carbocycles. The molecule has 0 aliphatic heterocycles. The minimum absolute atomic E-state index is 0.158. The van der Waals surface area contributed by atoms with Gasteiger partial charge in [0, 0.05) is 12.5 Å². The quantitative estimate of drug-likeness (QED) is 0.412. The molecule has 1 unspecified atom stereocenters. The van der Waals surface area contributed by atoms with E-state index in [1.165, 1.54) is 54.5 Å². The predicted molar refractivity (Wildman–Crippen MR) is 126 cm³/mol. The summed E-state index contributed by atoms with van der Waals surface area (Å²) in [5, 5.41) is 22.0. The van der Waals surface area contributed by atoms with Crippen molar-refractivity contribution >= 4 is 34.1 Å². The van der Waals surface area contributed by atoms with Crippen molar-refractivity contribution in [2.45, 2.75) is 69.7 Å². The Morgan fingerprint density at radius 1 is 1.21 bits per heavy atom. The number of thioether (sulfide) groups is 1. The van der Waals surface area contributed by atoms with Gasteiger partial charge in [0.1, 0.15) is 16.6 Å². The van der Waals surface area contributed by atoms with Crippen LogP contribution in [0.4, 0.5) is 9.52 Å². The van der Waals surface area contributed by atoms with Crippen LogP contribution in [0.2, 0.25) is 0 Å². The first kappa shape index (κ1) is 23.6. The zero-order valence-electron chi connectivity index (χ0n) is 18.7. The Labute approximate surface area is 200 Å². The Balaban J connectivity index is 1.32. The third-order valence-electron chi connectivity index (χ3n) is 5.53. The highest BCUT2D eigenvalue weighted by molar-refractivity contribution is 7.99. The maximum Gasteiger partial charge on any atom is 0.236 e. The highest BCUT2D eigenvalue weighted by Gasteiger charge is 2.22. The number of aromatic nitrogens is 5. The zero-order chi connectivity index (χ0) is 23.2. The van der Waals surface area contributed by atoms with Gasteiger partial charge in [0.2, 0.25) is 11.0 Å². The molecule has 2 heterocycles. The average Bonchev–Trinajstić information content (AvgIpc) is 3.46. The average molecular weight is 491 g/mol.